The highest BCUT2D eigenvalue weighted by atomic mass is 16.3. The molecule has 0 spiro atoms. The minimum absolute atomic E-state index is 0.425. The molecule has 0 unspecified atom stereocenters. The molecule has 1 aromatic heterocycles. The highest BCUT2D eigenvalue weighted by Gasteiger charge is 2.03. The van der Waals surface area contributed by atoms with Crippen molar-refractivity contribution in [1.82, 2.24) is 0 Å². The van der Waals surface area contributed by atoms with Gasteiger partial charge in [0.25, 0.3) is 0 Å². The van der Waals surface area contributed by atoms with Gasteiger partial charge in [0.1, 0.15) is 0 Å². The molecule has 3 heteroatoms. The molecule has 0 fully saturated rings. The smallest absolute Gasteiger partial charge is 0.185 e. The highest BCUT2D eigenvalue weighted by molar-refractivity contribution is 6.52. The lowest BCUT2D eigenvalue weighted by Crippen LogP contribution is -2.09. The molecule has 0 aliphatic heterocycles. The molecule has 0 aromatic carbocycles. The molecular formula is C7H9BO2. The van der Waals surface area contributed by atoms with E-state index in [1.165, 1.54) is 0 Å². The van der Waals surface area contributed by atoms with E-state index in [1.54, 1.807) is 6.07 Å². The van der Waals surface area contributed by atoms with E-state index in [-0.39, 0.29) is 0 Å². The van der Waals surface area contributed by atoms with Crippen LogP contribution in [-0.2, 0) is 0 Å². The molecule has 0 N–H and O–H groups in total. The summed E-state index contributed by atoms with van der Waals surface area (Å²) in [4.78, 5) is 10.2. The molecule has 2 nitrogen and oxygen atoms in total. The van der Waals surface area contributed by atoms with Crippen LogP contribution in [0.4, 0.5) is 0 Å². The van der Waals surface area contributed by atoms with Crippen LogP contribution in [0.3, 0.4) is 0 Å². The van der Waals surface area contributed by atoms with E-state index in [4.69, 9.17) is 4.42 Å². The van der Waals surface area contributed by atoms with Gasteiger partial charge in [-0.2, -0.15) is 0 Å². The first-order valence-corrected chi connectivity index (χ1v) is 3.32. The quantitative estimate of drug-likeness (QED) is 0.438. The summed E-state index contributed by atoms with van der Waals surface area (Å²) in [6, 6.07) is 1.78. The molecule has 0 amide bonds. The Morgan fingerprint density at radius 2 is 2.40 bits per heavy atom. The van der Waals surface area contributed by atoms with E-state index < -0.39 is 0 Å². The van der Waals surface area contributed by atoms with Gasteiger partial charge in [0.15, 0.2) is 19.3 Å². The lowest BCUT2D eigenvalue weighted by molar-refractivity contribution is 0.109. The van der Waals surface area contributed by atoms with Crippen LogP contribution in [0.2, 0.25) is 6.82 Å². The van der Waals surface area contributed by atoms with Crippen LogP contribution in [0.25, 0.3) is 0 Å². The number of hydrogen-bond donors (Lipinski definition) is 0. The third kappa shape index (κ3) is 1.13. The summed E-state index contributed by atoms with van der Waals surface area (Å²) in [6.07, 6.45) is 0.728. The first-order chi connectivity index (χ1) is 4.77. The summed E-state index contributed by atoms with van der Waals surface area (Å²) in [6.45, 7) is 3.90. The molecule has 0 saturated heterocycles. The Bertz CT molecular complexity index is 240. The Morgan fingerprint density at radius 3 is 2.70 bits per heavy atom. The zero-order valence-electron chi connectivity index (χ0n) is 6.18. The molecule has 52 valence electrons. The maximum atomic E-state index is 10.2. The molecule has 1 rings (SSSR count). The molecule has 0 saturated carbocycles. The first-order valence-electron chi connectivity index (χ1n) is 3.32. The summed E-state index contributed by atoms with van der Waals surface area (Å²) >= 11 is 0. The minimum Gasteiger partial charge on any atom is -0.459 e. The van der Waals surface area contributed by atoms with E-state index in [1.807, 2.05) is 13.7 Å². The number of hydrogen-bond acceptors (Lipinski definition) is 2. The predicted molar refractivity (Wildman–Crippen MR) is 41.5 cm³/mol. The molecule has 1 aromatic rings. The Labute approximate surface area is 60.5 Å². The van der Waals surface area contributed by atoms with Crippen molar-refractivity contribution in [3.8, 4) is 0 Å². The molecule has 0 aliphatic rings. The minimum atomic E-state index is 0.425. The Hall–Kier alpha value is -0.985. The van der Waals surface area contributed by atoms with Gasteiger partial charge in [0.05, 0.1) is 5.76 Å². The predicted octanol–water partition coefficient (Wildman–Crippen LogP) is 0.510. The number of aryl methyl sites for hydroxylation is 1. The lowest BCUT2D eigenvalue weighted by atomic mass is 9.73. The second-order valence-corrected chi connectivity index (χ2v) is 2.20. The fourth-order valence-corrected chi connectivity index (χ4v) is 0.954. The summed E-state index contributed by atoms with van der Waals surface area (Å²) in [5.41, 5.74) is 1.11. The van der Waals surface area contributed by atoms with Crippen LogP contribution in [0.15, 0.2) is 10.5 Å². The van der Waals surface area contributed by atoms with Crippen molar-refractivity contribution in [2.75, 3.05) is 0 Å². The van der Waals surface area contributed by atoms with E-state index in [2.05, 4.69) is 0 Å². The molecule has 0 bridgehead atoms. The maximum Gasteiger partial charge on any atom is 0.185 e. The topological polar surface area (TPSA) is 30.2 Å². The fourth-order valence-electron chi connectivity index (χ4n) is 0.954. The van der Waals surface area contributed by atoms with Gasteiger partial charge in [0, 0.05) is 0 Å². The van der Waals surface area contributed by atoms with Gasteiger partial charge in [-0.25, -0.2) is 0 Å². The third-order valence-corrected chi connectivity index (χ3v) is 1.54. The largest absolute Gasteiger partial charge is 0.459 e. The second kappa shape index (κ2) is 2.73. The van der Waals surface area contributed by atoms with Crippen LogP contribution in [-0.4, -0.2) is 13.6 Å². The first kappa shape index (κ1) is 7.13. The third-order valence-electron chi connectivity index (χ3n) is 1.54. The average molecular weight is 136 g/mol. The molecule has 1 heterocycles. The number of carbonyl (C=O) groups excluding carboxylic acids is 1. The van der Waals surface area contributed by atoms with Crippen molar-refractivity contribution < 1.29 is 9.21 Å². The maximum absolute atomic E-state index is 10.2. The number of rotatable bonds is 2. The van der Waals surface area contributed by atoms with E-state index >= 15 is 0 Å². The van der Waals surface area contributed by atoms with Crippen molar-refractivity contribution in [1.29, 1.82) is 0 Å². The van der Waals surface area contributed by atoms with Gasteiger partial charge in [0.2, 0.25) is 0 Å². The van der Waals surface area contributed by atoms with Crippen molar-refractivity contribution >= 4 is 19.0 Å². The van der Waals surface area contributed by atoms with Gasteiger partial charge in [-0.3, -0.25) is 4.79 Å². The van der Waals surface area contributed by atoms with Gasteiger partial charge < -0.3 is 4.42 Å². The molecule has 0 aliphatic carbocycles. The molecule has 0 radical (unpaired) electrons. The van der Waals surface area contributed by atoms with Crippen LogP contribution in [0.5, 0.6) is 0 Å². The zero-order chi connectivity index (χ0) is 7.56. The van der Waals surface area contributed by atoms with Crippen LogP contribution < -0.4 is 5.46 Å². The van der Waals surface area contributed by atoms with Crippen molar-refractivity contribution in [2.24, 2.45) is 0 Å². The Balaban J connectivity index is 3.03. The van der Waals surface area contributed by atoms with Crippen LogP contribution >= 0.6 is 0 Å². The van der Waals surface area contributed by atoms with Gasteiger partial charge in [-0.15, -0.1) is 0 Å². The monoisotopic (exact) mass is 136 g/mol. The van der Waals surface area contributed by atoms with Crippen LogP contribution in [0, 0.1) is 6.92 Å². The van der Waals surface area contributed by atoms with Crippen molar-refractivity contribution in [2.45, 2.75) is 13.7 Å². The van der Waals surface area contributed by atoms with Crippen LogP contribution in [0.1, 0.15) is 16.3 Å². The van der Waals surface area contributed by atoms with E-state index in [9.17, 15) is 4.79 Å². The summed E-state index contributed by atoms with van der Waals surface area (Å²) in [5.74, 6) is 1.28. The van der Waals surface area contributed by atoms with E-state index in [0.717, 1.165) is 24.8 Å². The molecular weight excluding hydrogens is 127 g/mol. The highest BCUT2D eigenvalue weighted by Crippen LogP contribution is 1.99. The zero-order valence-corrected chi connectivity index (χ0v) is 6.18. The van der Waals surface area contributed by atoms with Gasteiger partial charge >= 0.3 is 0 Å². The summed E-state index contributed by atoms with van der Waals surface area (Å²) < 4.78 is 5.09. The molecule has 0 atom stereocenters. The summed E-state index contributed by atoms with van der Waals surface area (Å²) in [5, 5.41) is 0. The second-order valence-electron chi connectivity index (χ2n) is 2.20. The normalized spacial score (nSPS) is 9.40. The number of carbonyl (C=O) groups is 1. The van der Waals surface area contributed by atoms with Gasteiger partial charge in [-0.1, -0.05) is 6.82 Å². The Morgan fingerprint density at radius 1 is 1.70 bits per heavy atom. The standard InChI is InChI=1S/C7H9BO2/c1-5-7(8-2)3-6(4-9)10-5/h3-4,8H,1-2H3. The van der Waals surface area contributed by atoms with Crippen molar-refractivity contribution in [3.05, 3.63) is 17.6 Å². The molecule has 10 heavy (non-hydrogen) atoms. The lowest BCUT2D eigenvalue weighted by Gasteiger charge is -1.84. The number of furan rings is 1. The fraction of sp³-hybridized carbons (Fsp3) is 0.286. The SMILES string of the molecule is CBc1cc(C=O)oc1C. The van der Waals surface area contributed by atoms with E-state index in [0.29, 0.717) is 5.76 Å². The average Bonchev–Trinajstić information content (AvgIpc) is 2.30. The number of aldehydes is 1. The van der Waals surface area contributed by atoms with Crippen molar-refractivity contribution in [3.63, 3.8) is 0 Å². The Kier molecular flexibility index (Phi) is 1.95. The summed E-state index contributed by atoms with van der Waals surface area (Å²) in [7, 11) is 0.920. The van der Waals surface area contributed by atoms with Gasteiger partial charge in [-0.05, 0) is 18.5 Å².